The first-order valence-corrected chi connectivity index (χ1v) is 4.27. The minimum Gasteiger partial charge on any atom is -0.478 e. The average molecular weight is 188 g/mol. The molecule has 5 nitrogen and oxygen atoms in total. The third-order valence-electron chi connectivity index (χ3n) is 1.66. The van der Waals surface area contributed by atoms with Gasteiger partial charge in [0, 0.05) is 7.05 Å². The van der Waals surface area contributed by atoms with Gasteiger partial charge in [-0.3, -0.25) is 4.79 Å². The van der Waals surface area contributed by atoms with Gasteiger partial charge in [-0.1, -0.05) is 12.1 Å². The molecule has 0 aliphatic heterocycles. The summed E-state index contributed by atoms with van der Waals surface area (Å²) in [7, 11) is 1.53. The molecule has 0 aromatic rings. The summed E-state index contributed by atoms with van der Waals surface area (Å²) < 4.78 is 5.01. The zero-order valence-electron chi connectivity index (χ0n) is 8.20. The van der Waals surface area contributed by atoms with Crippen LogP contribution in [0.15, 0.2) is 5.16 Å². The van der Waals surface area contributed by atoms with Crippen molar-refractivity contribution in [3.63, 3.8) is 0 Å². The van der Waals surface area contributed by atoms with Gasteiger partial charge in [-0.2, -0.15) is 0 Å². The fraction of sp³-hybridized carbons (Fsp3) is 0.750. The zero-order valence-corrected chi connectivity index (χ0v) is 8.20. The Morgan fingerprint density at radius 3 is 2.54 bits per heavy atom. The standard InChI is InChI=1S/C8H16N2O3/c1-4-6(7(11)9-3)8(10-12)13-5-2/h6,12H,4-5H2,1-3H3,(H,9,11). The molecule has 0 spiro atoms. The van der Waals surface area contributed by atoms with E-state index >= 15 is 0 Å². The van der Waals surface area contributed by atoms with Crippen LogP contribution in [0.4, 0.5) is 0 Å². The van der Waals surface area contributed by atoms with Crippen LogP contribution >= 0.6 is 0 Å². The van der Waals surface area contributed by atoms with E-state index in [-0.39, 0.29) is 11.8 Å². The molecule has 0 aromatic heterocycles. The Morgan fingerprint density at radius 1 is 1.62 bits per heavy atom. The van der Waals surface area contributed by atoms with E-state index in [4.69, 9.17) is 9.94 Å². The molecule has 0 saturated heterocycles. The molecule has 0 heterocycles. The van der Waals surface area contributed by atoms with Crippen LogP contribution in [0.3, 0.4) is 0 Å². The summed E-state index contributed by atoms with van der Waals surface area (Å²) >= 11 is 0. The summed E-state index contributed by atoms with van der Waals surface area (Å²) in [5.74, 6) is -0.636. The first-order valence-electron chi connectivity index (χ1n) is 4.27. The molecule has 0 radical (unpaired) electrons. The van der Waals surface area contributed by atoms with Gasteiger partial charge in [-0.05, 0) is 13.3 Å². The minimum absolute atomic E-state index is 0.0735. The van der Waals surface area contributed by atoms with Crippen LogP contribution in [-0.4, -0.2) is 30.7 Å². The molecule has 0 aliphatic carbocycles. The quantitative estimate of drug-likeness (QED) is 0.293. The molecular formula is C8H16N2O3. The van der Waals surface area contributed by atoms with Crippen LogP contribution < -0.4 is 5.32 Å². The third kappa shape index (κ3) is 3.31. The van der Waals surface area contributed by atoms with E-state index in [9.17, 15) is 4.79 Å². The van der Waals surface area contributed by atoms with Crippen molar-refractivity contribution in [3.8, 4) is 0 Å². The highest BCUT2D eigenvalue weighted by Crippen LogP contribution is 2.06. The number of carbonyl (C=O) groups is 1. The molecule has 5 heteroatoms. The molecule has 0 aliphatic rings. The lowest BCUT2D eigenvalue weighted by Gasteiger charge is -2.14. The number of ether oxygens (including phenoxy) is 1. The number of hydrogen-bond donors (Lipinski definition) is 2. The van der Waals surface area contributed by atoms with Crippen molar-refractivity contribution in [1.82, 2.24) is 5.32 Å². The van der Waals surface area contributed by atoms with E-state index in [1.807, 2.05) is 6.92 Å². The largest absolute Gasteiger partial charge is 0.478 e. The van der Waals surface area contributed by atoms with Gasteiger partial charge < -0.3 is 15.3 Å². The second-order valence-electron chi connectivity index (χ2n) is 2.45. The van der Waals surface area contributed by atoms with Gasteiger partial charge in [0.05, 0.1) is 6.61 Å². The number of rotatable bonds is 4. The lowest BCUT2D eigenvalue weighted by Crippen LogP contribution is -2.34. The van der Waals surface area contributed by atoms with Crippen LogP contribution in [0.2, 0.25) is 0 Å². The van der Waals surface area contributed by atoms with Gasteiger partial charge in [-0.25, -0.2) is 0 Å². The first-order chi connectivity index (χ1) is 6.21. The Kier molecular flexibility index (Phi) is 5.67. The van der Waals surface area contributed by atoms with Crippen LogP contribution in [0.25, 0.3) is 0 Å². The first kappa shape index (κ1) is 11.7. The molecule has 0 aromatic carbocycles. The SMILES string of the molecule is CCOC(=NO)C(CC)C(=O)NC. The molecule has 0 bridgehead atoms. The maximum atomic E-state index is 11.2. The molecule has 13 heavy (non-hydrogen) atoms. The van der Waals surface area contributed by atoms with Gasteiger partial charge in [0.15, 0.2) is 0 Å². The molecule has 0 fully saturated rings. The van der Waals surface area contributed by atoms with Crippen molar-refractivity contribution in [2.45, 2.75) is 20.3 Å². The summed E-state index contributed by atoms with van der Waals surface area (Å²) in [6.45, 7) is 3.97. The molecular weight excluding hydrogens is 172 g/mol. The summed E-state index contributed by atoms with van der Waals surface area (Å²) in [4.78, 5) is 11.2. The minimum atomic E-state index is -0.505. The Labute approximate surface area is 77.8 Å². The van der Waals surface area contributed by atoms with Gasteiger partial charge in [0.25, 0.3) is 0 Å². The topological polar surface area (TPSA) is 70.9 Å². The Bertz CT molecular complexity index is 192. The molecule has 2 N–H and O–H groups in total. The molecule has 76 valence electrons. The van der Waals surface area contributed by atoms with E-state index in [2.05, 4.69) is 10.5 Å². The monoisotopic (exact) mass is 188 g/mol. The molecule has 1 atom stereocenters. The van der Waals surface area contributed by atoms with Gasteiger partial charge >= 0.3 is 0 Å². The maximum absolute atomic E-state index is 11.2. The average Bonchev–Trinajstić information content (AvgIpc) is 2.17. The van der Waals surface area contributed by atoms with Gasteiger partial charge in [0.2, 0.25) is 11.8 Å². The van der Waals surface area contributed by atoms with Gasteiger partial charge in [0.1, 0.15) is 5.92 Å². The van der Waals surface area contributed by atoms with Crippen LogP contribution in [0.1, 0.15) is 20.3 Å². The summed E-state index contributed by atoms with van der Waals surface area (Å²) in [5.41, 5.74) is 0. The Hall–Kier alpha value is -1.26. The number of oxime groups is 1. The predicted molar refractivity (Wildman–Crippen MR) is 48.7 cm³/mol. The maximum Gasteiger partial charge on any atom is 0.238 e. The highest BCUT2D eigenvalue weighted by Gasteiger charge is 2.23. The third-order valence-corrected chi connectivity index (χ3v) is 1.66. The second-order valence-corrected chi connectivity index (χ2v) is 2.45. The summed E-state index contributed by atoms with van der Waals surface area (Å²) in [6, 6.07) is 0. The molecule has 1 unspecified atom stereocenters. The van der Waals surface area contributed by atoms with Crippen molar-refractivity contribution in [2.75, 3.05) is 13.7 Å². The number of nitrogens with zero attached hydrogens (tertiary/aromatic N) is 1. The van der Waals surface area contributed by atoms with Crippen LogP contribution in [-0.2, 0) is 9.53 Å². The predicted octanol–water partition coefficient (Wildman–Crippen LogP) is 0.583. The smallest absolute Gasteiger partial charge is 0.238 e. The lowest BCUT2D eigenvalue weighted by atomic mass is 10.1. The summed E-state index contributed by atoms with van der Waals surface area (Å²) in [6.07, 6.45) is 0.541. The molecule has 0 rings (SSSR count). The van der Waals surface area contributed by atoms with Crippen molar-refractivity contribution in [3.05, 3.63) is 0 Å². The number of carbonyl (C=O) groups excluding carboxylic acids is 1. The highest BCUT2D eigenvalue weighted by atomic mass is 16.5. The normalized spacial score (nSPS) is 13.6. The van der Waals surface area contributed by atoms with Crippen LogP contribution in [0.5, 0.6) is 0 Å². The fourth-order valence-electron chi connectivity index (χ4n) is 0.993. The van der Waals surface area contributed by atoms with E-state index in [0.29, 0.717) is 13.0 Å². The van der Waals surface area contributed by atoms with Gasteiger partial charge in [-0.15, -0.1) is 0 Å². The van der Waals surface area contributed by atoms with E-state index in [1.165, 1.54) is 7.05 Å². The van der Waals surface area contributed by atoms with E-state index in [1.54, 1.807) is 6.92 Å². The van der Waals surface area contributed by atoms with Crippen molar-refractivity contribution >= 4 is 11.8 Å². The number of nitrogens with one attached hydrogen (secondary N) is 1. The van der Waals surface area contributed by atoms with Crippen molar-refractivity contribution in [1.29, 1.82) is 0 Å². The Balaban J connectivity index is 4.44. The zero-order chi connectivity index (χ0) is 10.3. The fourth-order valence-corrected chi connectivity index (χ4v) is 0.993. The number of amides is 1. The lowest BCUT2D eigenvalue weighted by molar-refractivity contribution is -0.123. The Morgan fingerprint density at radius 2 is 2.23 bits per heavy atom. The molecule has 0 saturated carbocycles. The summed E-state index contributed by atoms with van der Waals surface area (Å²) in [5, 5.41) is 14.0. The number of hydrogen-bond acceptors (Lipinski definition) is 4. The van der Waals surface area contributed by atoms with Crippen molar-refractivity contribution < 1.29 is 14.7 Å². The highest BCUT2D eigenvalue weighted by molar-refractivity contribution is 5.99. The molecule has 1 amide bonds. The second kappa shape index (κ2) is 6.28. The van der Waals surface area contributed by atoms with E-state index in [0.717, 1.165) is 0 Å². The van der Waals surface area contributed by atoms with E-state index < -0.39 is 5.92 Å². The van der Waals surface area contributed by atoms with Crippen LogP contribution in [0, 0.1) is 5.92 Å². The van der Waals surface area contributed by atoms with Crippen molar-refractivity contribution in [2.24, 2.45) is 11.1 Å².